The van der Waals surface area contributed by atoms with Gasteiger partial charge in [-0.3, -0.25) is 19.3 Å². The number of carbonyl (C=O) groups excluding carboxylic acids is 3. The fraction of sp³-hybridized carbons (Fsp3) is 0.543. The predicted molar refractivity (Wildman–Crippen MR) is 175 cm³/mol. The number of ketones is 1. The number of piperidine rings is 1. The standard InChI is InChI=1S/C35H47FN6O3/c1-5-28(44)7-8-32(24(2)3)42-22-27-18-33(30(36)19-29(27)35(42)45)40-16-14-39(15-17-40)21-25-10-12-41(13-11-25)34-9-6-26(23-43)31(38-34)20-37-4/h6,9,18-19,23,25,32,37H,2,5,7-8,10-17,20-22H2,1,3-4H3. The topological polar surface area (TPSA) is 89.1 Å². The van der Waals surface area contributed by atoms with Gasteiger partial charge in [0.05, 0.1) is 17.4 Å². The van der Waals surface area contributed by atoms with Crippen LogP contribution in [0.3, 0.4) is 0 Å². The number of amides is 1. The Morgan fingerprint density at radius 3 is 2.51 bits per heavy atom. The molecule has 1 unspecified atom stereocenters. The average molecular weight is 619 g/mol. The van der Waals surface area contributed by atoms with Crippen LogP contribution in [0.5, 0.6) is 0 Å². The van der Waals surface area contributed by atoms with Crippen LogP contribution in [0.25, 0.3) is 0 Å². The molecule has 0 aliphatic carbocycles. The Balaban J connectivity index is 1.14. The largest absolute Gasteiger partial charge is 0.367 e. The van der Waals surface area contributed by atoms with Crippen LogP contribution in [0.4, 0.5) is 15.9 Å². The zero-order chi connectivity index (χ0) is 32.1. The summed E-state index contributed by atoms with van der Waals surface area (Å²) in [7, 11) is 1.85. The summed E-state index contributed by atoms with van der Waals surface area (Å²) in [6.07, 6.45) is 4.46. The lowest BCUT2D eigenvalue weighted by molar-refractivity contribution is -0.119. The highest BCUT2D eigenvalue weighted by molar-refractivity contribution is 5.99. The second-order valence-corrected chi connectivity index (χ2v) is 12.8. The summed E-state index contributed by atoms with van der Waals surface area (Å²) in [4.78, 5) is 50.0. The van der Waals surface area contributed by atoms with Crippen molar-refractivity contribution >= 4 is 29.5 Å². The smallest absolute Gasteiger partial charge is 0.255 e. The Morgan fingerprint density at radius 1 is 1.13 bits per heavy atom. The van der Waals surface area contributed by atoms with Crippen LogP contribution < -0.4 is 15.1 Å². The van der Waals surface area contributed by atoms with Gasteiger partial charge in [0.25, 0.3) is 5.91 Å². The number of hydrogen-bond acceptors (Lipinski definition) is 8. The lowest BCUT2D eigenvalue weighted by Gasteiger charge is -2.40. The molecule has 9 nitrogen and oxygen atoms in total. The molecule has 1 aromatic heterocycles. The highest BCUT2D eigenvalue weighted by Crippen LogP contribution is 2.34. The molecular weight excluding hydrogens is 571 g/mol. The maximum absolute atomic E-state index is 15.4. The summed E-state index contributed by atoms with van der Waals surface area (Å²) < 4.78 is 15.4. The summed E-state index contributed by atoms with van der Waals surface area (Å²) in [5, 5.41) is 3.09. The number of aromatic nitrogens is 1. The molecule has 45 heavy (non-hydrogen) atoms. The number of halogens is 1. The molecule has 2 fully saturated rings. The molecule has 0 spiro atoms. The highest BCUT2D eigenvalue weighted by atomic mass is 19.1. The van der Waals surface area contributed by atoms with Crippen molar-refractivity contribution in [1.29, 1.82) is 0 Å². The van der Waals surface area contributed by atoms with Gasteiger partial charge in [0.1, 0.15) is 17.4 Å². The fourth-order valence-corrected chi connectivity index (χ4v) is 6.96. The number of pyridine rings is 1. The number of fused-ring (bicyclic) bond motifs is 1. The Morgan fingerprint density at radius 2 is 1.87 bits per heavy atom. The van der Waals surface area contributed by atoms with Crippen molar-refractivity contribution in [3.05, 3.63) is 64.6 Å². The predicted octanol–water partition coefficient (Wildman–Crippen LogP) is 4.45. The maximum atomic E-state index is 15.4. The van der Waals surface area contributed by atoms with E-state index in [4.69, 9.17) is 4.98 Å². The van der Waals surface area contributed by atoms with Crippen LogP contribution in [0.2, 0.25) is 0 Å². The third-order valence-electron chi connectivity index (χ3n) is 9.67. The Labute approximate surface area is 266 Å². The van der Waals surface area contributed by atoms with E-state index in [1.165, 1.54) is 6.07 Å². The third-order valence-corrected chi connectivity index (χ3v) is 9.67. The molecule has 1 atom stereocenters. The van der Waals surface area contributed by atoms with Gasteiger partial charge in [0, 0.05) is 82.9 Å². The minimum absolute atomic E-state index is 0.168. The molecule has 0 saturated carbocycles. The van der Waals surface area contributed by atoms with Gasteiger partial charge in [-0.25, -0.2) is 9.37 Å². The summed E-state index contributed by atoms with van der Waals surface area (Å²) in [6.45, 7) is 14.9. The zero-order valence-corrected chi connectivity index (χ0v) is 27.0. The van der Waals surface area contributed by atoms with Crippen LogP contribution in [-0.4, -0.2) is 91.7 Å². The number of nitrogens with one attached hydrogen (secondary N) is 1. The van der Waals surface area contributed by atoms with Crippen molar-refractivity contribution in [3.8, 4) is 0 Å². The van der Waals surface area contributed by atoms with Crippen LogP contribution in [-0.2, 0) is 17.9 Å². The van der Waals surface area contributed by atoms with Crippen molar-refractivity contribution < 1.29 is 18.8 Å². The number of Topliss-reactive ketones (excluding diaryl/α,β-unsaturated/α-hetero) is 1. The first-order valence-electron chi connectivity index (χ1n) is 16.3. The van der Waals surface area contributed by atoms with Gasteiger partial charge >= 0.3 is 0 Å². The second-order valence-electron chi connectivity index (χ2n) is 12.8. The first-order chi connectivity index (χ1) is 21.7. The Kier molecular flexibility index (Phi) is 10.7. The van der Waals surface area contributed by atoms with E-state index in [1.807, 2.05) is 39.1 Å². The lowest BCUT2D eigenvalue weighted by Crippen LogP contribution is -2.49. The molecular formula is C35H47FN6O3. The molecule has 1 aromatic carbocycles. The Hall–Kier alpha value is -3.63. The van der Waals surface area contributed by atoms with Crippen molar-refractivity contribution in [2.75, 3.05) is 62.7 Å². The molecule has 2 aromatic rings. The minimum Gasteiger partial charge on any atom is -0.367 e. The number of anilines is 2. The average Bonchev–Trinajstić information content (AvgIpc) is 3.35. The summed E-state index contributed by atoms with van der Waals surface area (Å²) in [5.74, 6) is 1.16. The van der Waals surface area contributed by atoms with E-state index in [0.29, 0.717) is 55.1 Å². The molecule has 2 saturated heterocycles. The summed E-state index contributed by atoms with van der Waals surface area (Å²) in [6, 6.07) is 6.84. The van der Waals surface area contributed by atoms with Crippen LogP contribution >= 0.6 is 0 Å². The first-order valence-corrected chi connectivity index (χ1v) is 16.3. The Bertz CT molecular complexity index is 1410. The first kappa shape index (κ1) is 32.8. The fourth-order valence-electron chi connectivity index (χ4n) is 6.96. The van der Waals surface area contributed by atoms with Crippen molar-refractivity contribution in [1.82, 2.24) is 20.1 Å². The SMILES string of the molecule is C=C(C)C(CCC(=O)CC)N1Cc2cc(N3CCN(CC4CCN(c5ccc(C=O)c(CNC)n5)CC4)CC3)c(F)cc2C1=O. The van der Waals surface area contributed by atoms with Crippen molar-refractivity contribution in [2.24, 2.45) is 5.92 Å². The van der Waals surface area contributed by atoms with E-state index in [1.54, 1.807) is 4.90 Å². The normalized spacial score (nSPS) is 18.3. The quantitative estimate of drug-likeness (QED) is 0.260. The van der Waals surface area contributed by atoms with Gasteiger partial charge in [-0.2, -0.15) is 0 Å². The molecule has 3 aliphatic rings. The van der Waals surface area contributed by atoms with Crippen LogP contribution in [0.1, 0.15) is 77.9 Å². The molecule has 242 valence electrons. The monoisotopic (exact) mass is 618 g/mol. The van der Waals surface area contributed by atoms with E-state index >= 15 is 4.39 Å². The van der Waals surface area contributed by atoms with Gasteiger partial charge in [0.15, 0.2) is 6.29 Å². The van der Waals surface area contributed by atoms with E-state index in [2.05, 4.69) is 26.6 Å². The van der Waals surface area contributed by atoms with Gasteiger partial charge in [-0.1, -0.05) is 19.1 Å². The van der Waals surface area contributed by atoms with E-state index in [0.717, 1.165) is 87.6 Å². The van der Waals surface area contributed by atoms with E-state index in [-0.39, 0.29) is 23.5 Å². The zero-order valence-electron chi connectivity index (χ0n) is 27.0. The minimum atomic E-state index is -0.356. The third kappa shape index (κ3) is 7.44. The van der Waals surface area contributed by atoms with E-state index < -0.39 is 0 Å². The van der Waals surface area contributed by atoms with Gasteiger partial charge < -0.3 is 20.0 Å². The lowest BCUT2D eigenvalue weighted by atomic mass is 9.95. The molecule has 3 aliphatic heterocycles. The number of nitrogens with zero attached hydrogens (tertiary/aromatic N) is 5. The van der Waals surface area contributed by atoms with Gasteiger partial charge in [0.2, 0.25) is 0 Å². The number of piperazine rings is 1. The maximum Gasteiger partial charge on any atom is 0.255 e. The molecule has 4 heterocycles. The van der Waals surface area contributed by atoms with Crippen molar-refractivity contribution in [2.45, 2.75) is 65.1 Å². The molecule has 0 bridgehead atoms. The molecule has 0 radical (unpaired) electrons. The van der Waals surface area contributed by atoms with Gasteiger partial charge in [-0.05, 0) is 69.0 Å². The number of rotatable bonds is 13. The summed E-state index contributed by atoms with van der Waals surface area (Å²) >= 11 is 0. The molecule has 10 heteroatoms. The number of carbonyl (C=O) groups is 3. The number of aldehydes is 1. The van der Waals surface area contributed by atoms with Crippen LogP contribution in [0.15, 0.2) is 36.4 Å². The number of hydrogen-bond donors (Lipinski definition) is 1. The second kappa shape index (κ2) is 14.6. The van der Waals surface area contributed by atoms with Crippen molar-refractivity contribution in [3.63, 3.8) is 0 Å². The molecule has 1 N–H and O–H groups in total. The highest BCUT2D eigenvalue weighted by Gasteiger charge is 2.35. The van der Waals surface area contributed by atoms with Gasteiger partial charge in [-0.15, -0.1) is 0 Å². The summed E-state index contributed by atoms with van der Waals surface area (Å²) in [5.41, 5.74) is 4.07. The van der Waals surface area contributed by atoms with E-state index in [9.17, 15) is 14.4 Å². The number of benzene rings is 1. The van der Waals surface area contributed by atoms with Crippen LogP contribution in [0, 0.1) is 11.7 Å². The molecule has 1 amide bonds. The molecule has 5 rings (SSSR count).